The van der Waals surface area contributed by atoms with Crippen LogP contribution in [-0.2, 0) is 4.79 Å². The van der Waals surface area contributed by atoms with Crippen LogP contribution in [0.2, 0.25) is 0 Å². The molecule has 19 heavy (non-hydrogen) atoms. The van der Waals surface area contributed by atoms with Gasteiger partial charge in [-0.3, -0.25) is 4.68 Å². The molecule has 1 aromatic rings. The first kappa shape index (κ1) is 15.0. The number of aromatic carboxylic acids is 1. The van der Waals surface area contributed by atoms with Crippen molar-refractivity contribution in [1.82, 2.24) is 15.1 Å². The van der Waals surface area contributed by atoms with Gasteiger partial charge in [-0.25, -0.2) is 9.59 Å². The van der Waals surface area contributed by atoms with Crippen LogP contribution < -0.4 is 5.32 Å². The molecule has 10 heteroatoms. The summed E-state index contributed by atoms with van der Waals surface area (Å²) in [5.74, 6) is -3.68. The lowest BCUT2D eigenvalue weighted by atomic mass is 10.2. The molecule has 0 spiro atoms. The smallest absolute Gasteiger partial charge is 0.478 e. The number of hydrogen-bond acceptors (Lipinski definition) is 4. The van der Waals surface area contributed by atoms with Crippen molar-refractivity contribution in [2.45, 2.75) is 12.2 Å². The second-order valence-corrected chi connectivity index (χ2v) is 3.63. The van der Waals surface area contributed by atoms with E-state index in [2.05, 4.69) is 10.4 Å². The molecular formula is C9H10F3N3O4. The minimum atomic E-state index is -5.08. The lowest BCUT2D eigenvalue weighted by Gasteiger charge is -2.27. The molecule has 0 saturated carbocycles. The van der Waals surface area contributed by atoms with Gasteiger partial charge in [0.25, 0.3) is 0 Å². The molecule has 1 aliphatic heterocycles. The van der Waals surface area contributed by atoms with Gasteiger partial charge in [0.15, 0.2) is 0 Å². The van der Waals surface area contributed by atoms with Crippen LogP contribution in [0.3, 0.4) is 0 Å². The predicted molar refractivity (Wildman–Crippen MR) is 54.8 cm³/mol. The fourth-order valence-corrected chi connectivity index (χ4v) is 1.11. The van der Waals surface area contributed by atoms with Gasteiger partial charge in [0.1, 0.15) is 0 Å². The first-order valence-corrected chi connectivity index (χ1v) is 5.00. The SMILES string of the molecule is O=C(O)C(F)(F)F.O=C(O)c1cnn(C2CNC2)c1. The van der Waals surface area contributed by atoms with Crippen LogP contribution in [0.4, 0.5) is 13.2 Å². The third kappa shape index (κ3) is 4.25. The van der Waals surface area contributed by atoms with Crippen molar-refractivity contribution in [1.29, 1.82) is 0 Å². The Morgan fingerprint density at radius 1 is 1.37 bits per heavy atom. The summed E-state index contributed by atoms with van der Waals surface area (Å²) in [5, 5.41) is 22.8. The van der Waals surface area contributed by atoms with Gasteiger partial charge in [-0.05, 0) is 0 Å². The van der Waals surface area contributed by atoms with E-state index in [4.69, 9.17) is 15.0 Å². The fraction of sp³-hybridized carbons (Fsp3) is 0.444. The summed E-state index contributed by atoms with van der Waals surface area (Å²) >= 11 is 0. The maximum atomic E-state index is 10.6. The lowest BCUT2D eigenvalue weighted by Crippen LogP contribution is -2.43. The van der Waals surface area contributed by atoms with E-state index >= 15 is 0 Å². The third-order valence-corrected chi connectivity index (χ3v) is 2.23. The Bertz CT molecular complexity index is 468. The summed E-state index contributed by atoms with van der Waals surface area (Å²) < 4.78 is 33.4. The van der Waals surface area contributed by atoms with Gasteiger partial charge in [-0.1, -0.05) is 0 Å². The highest BCUT2D eigenvalue weighted by molar-refractivity contribution is 5.86. The molecule has 7 nitrogen and oxygen atoms in total. The van der Waals surface area contributed by atoms with Gasteiger partial charge in [0.05, 0.1) is 17.8 Å². The highest BCUT2D eigenvalue weighted by Crippen LogP contribution is 2.13. The highest BCUT2D eigenvalue weighted by Gasteiger charge is 2.38. The van der Waals surface area contributed by atoms with E-state index in [1.54, 1.807) is 10.9 Å². The largest absolute Gasteiger partial charge is 0.490 e. The number of aliphatic carboxylic acids is 1. The van der Waals surface area contributed by atoms with E-state index in [1.165, 1.54) is 6.20 Å². The fourth-order valence-electron chi connectivity index (χ4n) is 1.11. The molecule has 1 aromatic heterocycles. The first-order valence-electron chi connectivity index (χ1n) is 5.00. The van der Waals surface area contributed by atoms with E-state index in [9.17, 15) is 18.0 Å². The van der Waals surface area contributed by atoms with Crippen LogP contribution in [0.15, 0.2) is 12.4 Å². The van der Waals surface area contributed by atoms with Crippen molar-refractivity contribution in [2.75, 3.05) is 13.1 Å². The van der Waals surface area contributed by atoms with E-state index < -0.39 is 18.1 Å². The molecule has 0 amide bonds. The second kappa shape index (κ2) is 5.69. The third-order valence-electron chi connectivity index (χ3n) is 2.23. The maximum absolute atomic E-state index is 10.6. The van der Waals surface area contributed by atoms with Gasteiger partial charge < -0.3 is 15.5 Å². The van der Waals surface area contributed by atoms with Crippen LogP contribution in [-0.4, -0.2) is 51.2 Å². The predicted octanol–water partition coefficient (Wildman–Crippen LogP) is 0.359. The summed E-state index contributed by atoms with van der Waals surface area (Å²) in [6, 6.07) is 0.332. The van der Waals surface area contributed by atoms with Crippen LogP contribution in [0.5, 0.6) is 0 Å². The molecule has 2 rings (SSSR count). The molecule has 0 atom stereocenters. The van der Waals surface area contributed by atoms with Crippen molar-refractivity contribution in [3.63, 3.8) is 0 Å². The van der Waals surface area contributed by atoms with Gasteiger partial charge in [0, 0.05) is 19.3 Å². The molecule has 0 aromatic carbocycles. The van der Waals surface area contributed by atoms with Crippen LogP contribution in [0, 0.1) is 0 Å². The number of carboxylic acids is 2. The van der Waals surface area contributed by atoms with Gasteiger partial charge in [-0.15, -0.1) is 0 Å². The molecule has 0 bridgehead atoms. The number of hydrogen-bond donors (Lipinski definition) is 3. The number of carboxylic acid groups (broad SMARTS) is 2. The van der Waals surface area contributed by atoms with Crippen molar-refractivity contribution in [2.24, 2.45) is 0 Å². The average molecular weight is 281 g/mol. The Kier molecular flexibility index (Phi) is 4.48. The molecule has 0 radical (unpaired) electrons. The Labute approximate surface area is 104 Å². The normalized spacial score (nSPS) is 15.1. The van der Waals surface area contributed by atoms with Crippen LogP contribution >= 0.6 is 0 Å². The van der Waals surface area contributed by atoms with E-state index in [0.717, 1.165) is 13.1 Å². The summed E-state index contributed by atoms with van der Waals surface area (Å²) in [5.41, 5.74) is 0.252. The van der Waals surface area contributed by atoms with Crippen LogP contribution in [0.25, 0.3) is 0 Å². The topological polar surface area (TPSA) is 104 Å². The number of alkyl halides is 3. The minimum Gasteiger partial charge on any atom is -0.478 e. The number of rotatable bonds is 2. The van der Waals surface area contributed by atoms with Crippen molar-refractivity contribution in [3.05, 3.63) is 18.0 Å². The zero-order chi connectivity index (χ0) is 14.6. The molecule has 1 aliphatic rings. The summed E-state index contributed by atoms with van der Waals surface area (Å²) in [4.78, 5) is 19.4. The molecule has 1 fully saturated rings. The van der Waals surface area contributed by atoms with E-state index in [-0.39, 0.29) is 5.56 Å². The molecule has 0 aliphatic carbocycles. The first-order chi connectivity index (χ1) is 8.71. The Morgan fingerprint density at radius 3 is 2.16 bits per heavy atom. The lowest BCUT2D eigenvalue weighted by molar-refractivity contribution is -0.192. The molecule has 3 N–H and O–H groups in total. The summed E-state index contributed by atoms with van der Waals surface area (Å²) in [7, 11) is 0. The average Bonchev–Trinajstić information content (AvgIpc) is 2.63. The second-order valence-electron chi connectivity index (χ2n) is 3.63. The Balaban J connectivity index is 0.000000224. The number of carbonyl (C=O) groups is 2. The van der Waals surface area contributed by atoms with Crippen molar-refractivity contribution >= 4 is 11.9 Å². The standard InChI is InChI=1S/C7H9N3O2.C2HF3O2/c11-7(12)5-1-9-10(4-5)6-2-8-3-6;3-2(4,5)1(6)7/h1,4,6,8H,2-3H2,(H,11,12);(H,6,7). The summed E-state index contributed by atoms with van der Waals surface area (Å²) in [6.45, 7) is 1.75. The Hall–Kier alpha value is -2.10. The van der Waals surface area contributed by atoms with Gasteiger partial charge in [-0.2, -0.15) is 18.3 Å². The van der Waals surface area contributed by atoms with Crippen molar-refractivity contribution in [3.8, 4) is 0 Å². The molecule has 1 saturated heterocycles. The summed E-state index contributed by atoms with van der Waals surface area (Å²) in [6.07, 6.45) is -2.14. The molecule has 106 valence electrons. The van der Waals surface area contributed by atoms with Gasteiger partial charge in [0.2, 0.25) is 0 Å². The number of halogens is 3. The molecular weight excluding hydrogens is 271 g/mol. The minimum absolute atomic E-state index is 0.252. The quantitative estimate of drug-likeness (QED) is 0.723. The van der Waals surface area contributed by atoms with Crippen LogP contribution in [0.1, 0.15) is 16.4 Å². The maximum Gasteiger partial charge on any atom is 0.490 e. The number of aromatic nitrogens is 2. The number of nitrogens with one attached hydrogen (secondary N) is 1. The monoisotopic (exact) mass is 281 g/mol. The Morgan fingerprint density at radius 2 is 1.89 bits per heavy atom. The zero-order valence-corrected chi connectivity index (χ0v) is 9.39. The zero-order valence-electron chi connectivity index (χ0n) is 9.39. The van der Waals surface area contributed by atoms with Crippen molar-refractivity contribution < 1.29 is 33.0 Å². The molecule has 0 unspecified atom stereocenters. The van der Waals surface area contributed by atoms with E-state index in [0.29, 0.717) is 6.04 Å². The highest BCUT2D eigenvalue weighted by atomic mass is 19.4. The van der Waals surface area contributed by atoms with E-state index in [1.807, 2.05) is 0 Å². The number of nitrogens with zero attached hydrogens (tertiary/aromatic N) is 2. The van der Waals surface area contributed by atoms with Gasteiger partial charge >= 0.3 is 18.1 Å². The molecule has 2 heterocycles.